The second-order valence-corrected chi connectivity index (χ2v) is 8.02. The molecule has 106 valence electrons. The van der Waals surface area contributed by atoms with Crippen LogP contribution >= 0.6 is 11.6 Å². The zero-order valence-electron chi connectivity index (χ0n) is 11.9. The van der Waals surface area contributed by atoms with Gasteiger partial charge in [-0.05, 0) is 51.8 Å². The molecule has 1 aromatic carbocycles. The summed E-state index contributed by atoms with van der Waals surface area (Å²) in [6, 6.07) is 7.88. The number of nitrogens with one attached hydrogen (secondary N) is 1. The van der Waals surface area contributed by atoms with Crippen LogP contribution in [0.25, 0.3) is 6.08 Å². The fourth-order valence-corrected chi connectivity index (χ4v) is 2.33. The Morgan fingerprint density at radius 3 is 2.42 bits per heavy atom. The Bertz CT molecular complexity index is 411. The van der Waals surface area contributed by atoms with Gasteiger partial charge in [-0.15, -0.1) is 4.72 Å². The van der Waals surface area contributed by atoms with Crippen molar-refractivity contribution in [2.75, 3.05) is 0 Å². The highest BCUT2D eigenvalue weighted by Gasteiger charge is 2.27. The van der Waals surface area contributed by atoms with E-state index in [2.05, 4.69) is 16.9 Å². The molecule has 0 fully saturated rings. The molecule has 0 saturated heterocycles. The van der Waals surface area contributed by atoms with E-state index in [9.17, 15) is 4.55 Å². The van der Waals surface area contributed by atoms with Crippen LogP contribution in [0.3, 0.4) is 0 Å². The molecule has 1 unspecified atom stereocenters. The van der Waals surface area contributed by atoms with Gasteiger partial charge in [0.05, 0.1) is 6.04 Å². The minimum Gasteiger partial charge on any atom is -0.598 e. The summed E-state index contributed by atoms with van der Waals surface area (Å²) in [4.78, 5) is 0. The van der Waals surface area contributed by atoms with E-state index in [1.165, 1.54) is 0 Å². The molecule has 19 heavy (non-hydrogen) atoms. The van der Waals surface area contributed by atoms with Gasteiger partial charge in [0.25, 0.3) is 0 Å². The average molecular weight is 300 g/mol. The Hall–Kier alpha value is -0.480. The van der Waals surface area contributed by atoms with Crippen LogP contribution in [0.4, 0.5) is 0 Å². The third-order valence-electron chi connectivity index (χ3n) is 2.53. The van der Waals surface area contributed by atoms with Crippen LogP contribution in [0.5, 0.6) is 0 Å². The molecule has 0 heterocycles. The van der Waals surface area contributed by atoms with E-state index >= 15 is 0 Å². The lowest BCUT2D eigenvalue weighted by Gasteiger charge is -2.26. The average Bonchev–Trinajstić information content (AvgIpc) is 2.30. The molecular formula is C15H22ClNOS. The lowest BCUT2D eigenvalue weighted by atomic mass is 10.1. The van der Waals surface area contributed by atoms with Gasteiger partial charge < -0.3 is 4.55 Å². The van der Waals surface area contributed by atoms with E-state index in [0.29, 0.717) is 0 Å². The van der Waals surface area contributed by atoms with Gasteiger partial charge >= 0.3 is 0 Å². The summed E-state index contributed by atoms with van der Waals surface area (Å²) in [6.07, 6.45) is 4.97. The standard InChI is InChI=1S/C15H22ClNOS/c1-12(17-19(18)15(2,3)4)6-5-7-13-8-10-14(16)11-9-13/h5,7-12,17H,6H2,1-4H3/t12-,19?/m1/s1. The zero-order valence-corrected chi connectivity index (χ0v) is 13.5. The van der Waals surface area contributed by atoms with Gasteiger partial charge in [-0.1, -0.05) is 35.9 Å². The van der Waals surface area contributed by atoms with Gasteiger partial charge in [0.2, 0.25) is 0 Å². The van der Waals surface area contributed by atoms with Crippen LogP contribution in [0, 0.1) is 0 Å². The Morgan fingerprint density at radius 1 is 1.32 bits per heavy atom. The van der Waals surface area contributed by atoms with E-state index in [0.717, 1.165) is 17.0 Å². The molecule has 4 heteroatoms. The van der Waals surface area contributed by atoms with E-state index in [1.54, 1.807) is 0 Å². The molecule has 1 rings (SSSR count). The lowest BCUT2D eigenvalue weighted by Crippen LogP contribution is -2.43. The number of hydrogen-bond acceptors (Lipinski definition) is 2. The highest BCUT2D eigenvalue weighted by Crippen LogP contribution is 2.15. The molecular weight excluding hydrogens is 278 g/mol. The monoisotopic (exact) mass is 299 g/mol. The normalized spacial score (nSPS) is 15.7. The summed E-state index contributed by atoms with van der Waals surface area (Å²) in [5, 5.41) is 0.743. The predicted octanol–water partition coefficient (Wildman–Crippen LogP) is 4.18. The lowest BCUT2D eigenvalue weighted by molar-refractivity contribution is 0.528. The number of halogens is 1. The van der Waals surface area contributed by atoms with Crippen LogP contribution in [-0.4, -0.2) is 15.3 Å². The maximum absolute atomic E-state index is 11.9. The maximum atomic E-state index is 11.9. The summed E-state index contributed by atoms with van der Waals surface area (Å²) in [6.45, 7) is 7.93. The van der Waals surface area contributed by atoms with Crippen molar-refractivity contribution in [1.29, 1.82) is 0 Å². The van der Waals surface area contributed by atoms with Crippen molar-refractivity contribution in [2.24, 2.45) is 0 Å². The molecule has 0 aromatic heterocycles. The van der Waals surface area contributed by atoms with Crippen molar-refractivity contribution in [1.82, 2.24) is 4.72 Å². The van der Waals surface area contributed by atoms with Crippen molar-refractivity contribution in [3.8, 4) is 0 Å². The molecule has 0 aliphatic heterocycles. The van der Waals surface area contributed by atoms with Gasteiger partial charge in [0.15, 0.2) is 0 Å². The second kappa shape index (κ2) is 7.34. The Kier molecular flexibility index (Phi) is 6.40. The van der Waals surface area contributed by atoms with Crippen LogP contribution in [-0.2, 0) is 11.4 Å². The van der Waals surface area contributed by atoms with Gasteiger partial charge in [-0.3, -0.25) is 0 Å². The van der Waals surface area contributed by atoms with Crippen molar-refractivity contribution in [3.05, 3.63) is 40.9 Å². The Morgan fingerprint density at radius 2 is 1.89 bits per heavy atom. The quantitative estimate of drug-likeness (QED) is 0.828. The molecule has 1 N–H and O–H groups in total. The fraction of sp³-hybridized carbons (Fsp3) is 0.467. The Balaban J connectivity index is 2.41. The second-order valence-electron chi connectivity index (χ2n) is 5.59. The van der Waals surface area contributed by atoms with Gasteiger partial charge in [0.1, 0.15) is 4.75 Å². The summed E-state index contributed by atoms with van der Waals surface area (Å²) < 4.78 is 14.8. The smallest absolute Gasteiger partial charge is 0.136 e. The first-order valence-electron chi connectivity index (χ1n) is 6.39. The molecule has 2 atom stereocenters. The number of rotatable bonds is 5. The molecule has 0 bridgehead atoms. The van der Waals surface area contributed by atoms with Crippen molar-refractivity contribution in [2.45, 2.75) is 44.9 Å². The van der Waals surface area contributed by atoms with E-state index in [4.69, 9.17) is 11.6 Å². The van der Waals surface area contributed by atoms with Crippen LogP contribution in [0.1, 0.15) is 39.7 Å². The minimum atomic E-state index is -1.02. The number of benzene rings is 1. The number of hydrogen-bond donors (Lipinski definition) is 1. The topological polar surface area (TPSA) is 35.1 Å². The molecule has 0 radical (unpaired) electrons. The molecule has 2 nitrogen and oxygen atoms in total. The predicted molar refractivity (Wildman–Crippen MR) is 85.6 cm³/mol. The van der Waals surface area contributed by atoms with Crippen LogP contribution in [0.15, 0.2) is 30.3 Å². The van der Waals surface area contributed by atoms with Crippen LogP contribution < -0.4 is 4.72 Å². The third-order valence-corrected chi connectivity index (χ3v) is 4.52. The minimum absolute atomic E-state index is 0.184. The maximum Gasteiger partial charge on any atom is 0.136 e. The SMILES string of the molecule is C[C@H](CC=Cc1ccc(Cl)cc1)N[S+]([O-])C(C)(C)C. The fourth-order valence-electron chi connectivity index (χ4n) is 1.39. The molecule has 0 aliphatic carbocycles. The van der Waals surface area contributed by atoms with Crippen molar-refractivity contribution < 1.29 is 4.55 Å². The van der Waals surface area contributed by atoms with E-state index < -0.39 is 11.4 Å². The zero-order chi connectivity index (χ0) is 14.5. The van der Waals surface area contributed by atoms with Gasteiger partial charge in [-0.2, -0.15) is 0 Å². The Labute approximate surface area is 124 Å². The molecule has 0 amide bonds. The molecule has 0 saturated carbocycles. The largest absolute Gasteiger partial charge is 0.598 e. The third kappa shape index (κ3) is 6.48. The van der Waals surface area contributed by atoms with Gasteiger partial charge in [0, 0.05) is 16.4 Å². The molecule has 0 spiro atoms. The summed E-state index contributed by atoms with van der Waals surface area (Å²) in [5.74, 6) is 0. The van der Waals surface area contributed by atoms with E-state index in [1.807, 2.05) is 52.0 Å². The van der Waals surface area contributed by atoms with E-state index in [-0.39, 0.29) is 10.8 Å². The van der Waals surface area contributed by atoms with Crippen LogP contribution in [0.2, 0.25) is 5.02 Å². The van der Waals surface area contributed by atoms with Crippen molar-refractivity contribution in [3.63, 3.8) is 0 Å². The highest BCUT2D eigenvalue weighted by atomic mass is 35.5. The highest BCUT2D eigenvalue weighted by molar-refractivity contribution is 7.90. The van der Waals surface area contributed by atoms with Crippen molar-refractivity contribution >= 4 is 29.0 Å². The first-order valence-corrected chi connectivity index (χ1v) is 7.92. The summed E-state index contributed by atoms with van der Waals surface area (Å²) >= 11 is 4.81. The first-order chi connectivity index (χ1) is 8.79. The van der Waals surface area contributed by atoms with Gasteiger partial charge in [-0.25, -0.2) is 0 Å². The summed E-state index contributed by atoms with van der Waals surface area (Å²) in [5.41, 5.74) is 1.12. The summed E-state index contributed by atoms with van der Waals surface area (Å²) in [7, 11) is 0. The molecule has 1 aromatic rings. The first kappa shape index (κ1) is 16.6. The molecule has 0 aliphatic rings.